The Kier molecular flexibility index (Phi) is 3.12. The van der Waals surface area contributed by atoms with Crippen LogP contribution < -0.4 is 0 Å². The van der Waals surface area contributed by atoms with Crippen LogP contribution in [0.2, 0.25) is 0 Å². The van der Waals surface area contributed by atoms with Gasteiger partial charge >= 0.3 is 0 Å². The summed E-state index contributed by atoms with van der Waals surface area (Å²) in [5.74, 6) is 0.385. The zero-order chi connectivity index (χ0) is 15.4. The third kappa shape index (κ3) is 2.02. The normalized spacial score (nSPS) is 30.2. The van der Waals surface area contributed by atoms with Crippen molar-refractivity contribution in [2.75, 3.05) is 26.7 Å². The van der Waals surface area contributed by atoms with E-state index in [0.717, 1.165) is 32.4 Å². The van der Waals surface area contributed by atoms with Gasteiger partial charge in [0, 0.05) is 25.2 Å². The Bertz CT molecular complexity index is 590. The molecular weight excluding hydrogens is 272 g/mol. The van der Waals surface area contributed by atoms with Crippen molar-refractivity contribution in [1.82, 2.24) is 9.80 Å². The summed E-state index contributed by atoms with van der Waals surface area (Å²) >= 11 is 0. The molecule has 0 bridgehead atoms. The maximum atomic E-state index is 13.2. The van der Waals surface area contributed by atoms with Crippen LogP contribution in [-0.2, 0) is 10.2 Å². The minimum atomic E-state index is -0.200. The second-order valence-electron chi connectivity index (χ2n) is 7.67. The predicted octanol–water partition coefficient (Wildman–Crippen LogP) is 2.72. The van der Waals surface area contributed by atoms with Crippen molar-refractivity contribution in [3.63, 3.8) is 0 Å². The van der Waals surface area contributed by atoms with Gasteiger partial charge in [0.1, 0.15) is 0 Å². The zero-order valence-electron chi connectivity index (χ0n) is 13.8. The Hall–Kier alpha value is -1.35. The molecule has 3 heteroatoms. The summed E-state index contributed by atoms with van der Waals surface area (Å²) in [6.07, 6.45) is 5.71. The summed E-state index contributed by atoms with van der Waals surface area (Å²) in [6.45, 7) is 5.18. The maximum absolute atomic E-state index is 13.2. The summed E-state index contributed by atoms with van der Waals surface area (Å²) in [4.78, 5) is 17.8. The van der Waals surface area contributed by atoms with Gasteiger partial charge in [-0.25, -0.2) is 0 Å². The van der Waals surface area contributed by atoms with Gasteiger partial charge in [-0.2, -0.15) is 0 Å². The number of amides is 1. The molecular formula is C19H26N2O. The lowest BCUT2D eigenvalue weighted by atomic mass is 9.77. The molecule has 1 spiro atoms. The van der Waals surface area contributed by atoms with E-state index in [-0.39, 0.29) is 11.0 Å². The first kappa shape index (κ1) is 14.3. The van der Waals surface area contributed by atoms with Gasteiger partial charge in [0.2, 0.25) is 5.91 Å². The number of piperidine rings is 1. The third-order valence-electron chi connectivity index (χ3n) is 6.33. The minimum absolute atomic E-state index is 0.200. The molecule has 22 heavy (non-hydrogen) atoms. The van der Waals surface area contributed by atoms with Crippen LogP contribution in [0.3, 0.4) is 0 Å². The van der Waals surface area contributed by atoms with Crippen molar-refractivity contribution in [1.29, 1.82) is 0 Å². The summed E-state index contributed by atoms with van der Waals surface area (Å²) in [7, 11) is 2.21. The fraction of sp³-hybridized carbons (Fsp3) is 0.632. The smallest absolute Gasteiger partial charge is 0.233 e. The van der Waals surface area contributed by atoms with Crippen molar-refractivity contribution in [3.05, 3.63) is 35.4 Å². The molecule has 0 aromatic heterocycles. The molecule has 1 unspecified atom stereocenters. The highest BCUT2D eigenvalue weighted by Crippen LogP contribution is 2.50. The van der Waals surface area contributed by atoms with Gasteiger partial charge in [-0.15, -0.1) is 0 Å². The standard InChI is InChI=1S/C19H26N2O/c1-15-4-6-16(7-5-15)19(9-10-19)17(22)21-12-3-8-18(14-21)11-13-20(18)2/h4-7H,3,8-14H2,1-2H3. The van der Waals surface area contributed by atoms with E-state index in [4.69, 9.17) is 0 Å². The van der Waals surface area contributed by atoms with Crippen LogP contribution in [0.5, 0.6) is 0 Å². The van der Waals surface area contributed by atoms with Crippen molar-refractivity contribution in [2.45, 2.75) is 50.0 Å². The Morgan fingerprint density at radius 2 is 1.77 bits per heavy atom. The van der Waals surface area contributed by atoms with E-state index in [1.807, 2.05) is 0 Å². The Morgan fingerprint density at radius 1 is 1.05 bits per heavy atom. The quantitative estimate of drug-likeness (QED) is 0.838. The summed E-state index contributed by atoms with van der Waals surface area (Å²) in [5.41, 5.74) is 2.58. The fourth-order valence-electron chi connectivity index (χ4n) is 4.38. The van der Waals surface area contributed by atoms with E-state index in [9.17, 15) is 4.79 Å². The van der Waals surface area contributed by atoms with Crippen LogP contribution in [0.4, 0.5) is 0 Å². The number of likely N-dealkylation sites (tertiary alicyclic amines) is 2. The first-order valence-electron chi connectivity index (χ1n) is 8.64. The number of nitrogens with zero attached hydrogens (tertiary/aromatic N) is 2. The molecule has 3 fully saturated rings. The van der Waals surface area contributed by atoms with Gasteiger partial charge in [0.05, 0.1) is 5.41 Å². The number of rotatable bonds is 2. The van der Waals surface area contributed by atoms with E-state index in [2.05, 4.69) is 48.0 Å². The molecule has 118 valence electrons. The first-order chi connectivity index (χ1) is 10.6. The third-order valence-corrected chi connectivity index (χ3v) is 6.33. The molecule has 4 rings (SSSR count). The molecule has 1 aromatic carbocycles. The first-order valence-corrected chi connectivity index (χ1v) is 8.64. The van der Waals surface area contributed by atoms with Crippen LogP contribution in [0.25, 0.3) is 0 Å². The lowest BCUT2D eigenvalue weighted by Crippen LogP contribution is -2.66. The SMILES string of the molecule is Cc1ccc(C2(C(=O)N3CCCC4(CCN4C)C3)CC2)cc1. The van der Waals surface area contributed by atoms with Gasteiger partial charge in [-0.1, -0.05) is 29.8 Å². The van der Waals surface area contributed by atoms with Crippen molar-refractivity contribution >= 4 is 5.91 Å². The minimum Gasteiger partial charge on any atom is -0.340 e. The number of benzene rings is 1. The Morgan fingerprint density at radius 3 is 2.32 bits per heavy atom. The number of carbonyl (C=O) groups excluding carboxylic acids is 1. The molecule has 2 aliphatic heterocycles. The molecule has 3 nitrogen and oxygen atoms in total. The number of carbonyl (C=O) groups is 1. The van der Waals surface area contributed by atoms with Crippen LogP contribution in [-0.4, -0.2) is 47.9 Å². The van der Waals surface area contributed by atoms with Gasteiger partial charge in [0.25, 0.3) is 0 Å². The summed E-state index contributed by atoms with van der Waals surface area (Å²) in [5, 5.41) is 0. The van der Waals surface area contributed by atoms with Crippen LogP contribution >= 0.6 is 0 Å². The number of likely N-dealkylation sites (N-methyl/N-ethyl adjacent to an activating group) is 1. The molecule has 1 aromatic rings. The molecule has 1 aliphatic carbocycles. The van der Waals surface area contributed by atoms with E-state index in [0.29, 0.717) is 5.91 Å². The average Bonchev–Trinajstić information content (AvgIpc) is 3.35. The molecule has 1 atom stereocenters. The second kappa shape index (κ2) is 4.82. The van der Waals surface area contributed by atoms with Crippen molar-refractivity contribution < 1.29 is 4.79 Å². The van der Waals surface area contributed by atoms with Gasteiger partial charge in [-0.05, 0) is 51.6 Å². The van der Waals surface area contributed by atoms with Crippen molar-refractivity contribution in [2.24, 2.45) is 0 Å². The topological polar surface area (TPSA) is 23.6 Å². The highest BCUT2D eigenvalue weighted by atomic mass is 16.2. The number of aryl methyl sites for hydroxylation is 1. The molecule has 0 radical (unpaired) electrons. The Labute approximate surface area is 133 Å². The van der Waals surface area contributed by atoms with E-state index < -0.39 is 0 Å². The molecule has 1 amide bonds. The summed E-state index contributed by atoms with van der Waals surface area (Å²) in [6, 6.07) is 8.60. The number of hydrogen-bond acceptors (Lipinski definition) is 2. The number of hydrogen-bond donors (Lipinski definition) is 0. The monoisotopic (exact) mass is 298 g/mol. The molecule has 2 heterocycles. The Balaban J connectivity index is 1.55. The van der Waals surface area contributed by atoms with Crippen LogP contribution in [0.15, 0.2) is 24.3 Å². The molecule has 1 saturated carbocycles. The highest BCUT2D eigenvalue weighted by molar-refractivity contribution is 5.91. The van der Waals surface area contributed by atoms with E-state index in [1.165, 1.54) is 30.5 Å². The lowest BCUT2D eigenvalue weighted by molar-refractivity contribution is -0.141. The van der Waals surface area contributed by atoms with Crippen LogP contribution in [0, 0.1) is 6.92 Å². The van der Waals surface area contributed by atoms with Gasteiger partial charge in [-0.3, -0.25) is 9.69 Å². The molecule has 3 aliphatic rings. The highest BCUT2D eigenvalue weighted by Gasteiger charge is 2.55. The molecule has 2 saturated heterocycles. The lowest BCUT2D eigenvalue weighted by Gasteiger charge is -2.56. The molecule has 0 N–H and O–H groups in total. The fourth-order valence-corrected chi connectivity index (χ4v) is 4.38. The average molecular weight is 298 g/mol. The van der Waals surface area contributed by atoms with Gasteiger partial charge in [0.15, 0.2) is 0 Å². The van der Waals surface area contributed by atoms with Crippen molar-refractivity contribution in [3.8, 4) is 0 Å². The maximum Gasteiger partial charge on any atom is 0.233 e. The van der Waals surface area contributed by atoms with Crippen LogP contribution in [0.1, 0.15) is 43.2 Å². The largest absolute Gasteiger partial charge is 0.340 e. The second-order valence-corrected chi connectivity index (χ2v) is 7.67. The predicted molar refractivity (Wildman–Crippen MR) is 87.9 cm³/mol. The van der Waals surface area contributed by atoms with E-state index >= 15 is 0 Å². The van der Waals surface area contributed by atoms with Gasteiger partial charge < -0.3 is 4.90 Å². The summed E-state index contributed by atoms with van der Waals surface area (Å²) < 4.78 is 0. The zero-order valence-corrected chi connectivity index (χ0v) is 13.8. The van der Waals surface area contributed by atoms with E-state index in [1.54, 1.807) is 0 Å².